The van der Waals surface area contributed by atoms with Gasteiger partial charge in [-0.1, -0.05) is 27.2 Å². The second-order valence-corrected chi connectivity index (χ2v) is 7.07. The van der Waals surface area contributed by atoms with Crippen molar-refractivity contribution in [3.05, 3.63) is 0 Å². The Morgan fingerprint density at radius 3 is 2.48 bits per heavy atom. The van der Waals surface area contributed by atoms with Gasteiger partial charge >= 0.3 is 0 Å². The third-order valence-electron chi connectivity index (χ3n) is 4.46. The van der Waals surface area contributed by atoms with Gasteiger partial charge in [-0.05, 0) is 44.4 Å². The number of carbonyl (C=O) groups is 2. The lowest BCUT2D eigenvalue weighted by molar-refractivity contribution is -0.132. The van der Waals surface area contributed by atoms with E-state index in [0.29, 0.717) is 17.8 Å². The van der Waals surface area contributed by atoms with Crippen molar-refractivity contribution in [1.29, 1.82) is 0 Å². The summed E-state index contributed by atoms with van der Waals surface area (Å²) in [4.78, 5) is 23.7. The van der Waals surface area contributed by atoms with Gasteiger partial charge in [-0.15, -0.1) is 0 Å². The molecule has 122 valence electrons. The maximum absolute atomic E-state index is 12.5. The summed E-state index contributed by atoms with van der Waals surface area (Å²) in [7, 11) is 0. The molecule has 1 N–H and O–H groups in total. The number of nitrogens with one attached hydrogen (secondary N) is 1. The first kappa shape index (κ1) is 18.1. The van der Waals surface area contributed by atoms with Crippen LogP contribution in [-0.4, -0.2) is 30.9 Å². The highest BCUT2D eigenvalue weighted by atomic mass is 16.5. The number of rotatable bonds is 7. The third-order valence-corrected chi connectivity index (χ3v) is 4.46. The van der Waals surface area contributed by atoms with Crippen LogP contribution in [0.25, 0.3) is 0 Å². The number of amides is 1. The Labute approximate surface area is 129 Å². The van der Waals surface area contributed by atoms with E-state index < -0.39 is 6.04 Å². The van der Waals surface area contributed by atoms with Gasteiger partial charge in [0.1, 0.15) is 12.3 Å². The summed E-state index contributed by atoms with van der Waals surface area (Å²) in [5.41, 5.74) is 0. The van der Waals surface area contributed by atoms with Gasteiger partial charge in [-0.3, -0.25) is 4.79 Å². The van der Waals surface area contributed by atoms with Crippen LogP contribution in [0.5, 0.6) is 0 Å². The SMILES string of the molecule is CC(C)OCC(C=O)NC(=O)[C@@H]1C[C@H](C)CC[C@H]1C(C)C. The Hall–Kier alpha value is -0.900. The van der Waals surface area contributed by atoms with Gasteiger partial charge in [-0.2, -0.15) is 0 Å². The minimum absolute atomic E-state index is 0.0182. The molecule has 1 rings (SSSR count). The maximum atomic E-state index is 12.5. The van der Waals surface area contributed by atoms with Crippen molar-refractivity contribution in [2.45, 2.75) is 66.0 Å². The van der Waals surface area contributed by atoms with Crippen LogP contribution in [0, 0.1) is 23.7 Å². The molecule has 4 heteroatoms. The van der Waals surface area contributed by atoms with Gasteiger partial charge in [0.25, 0.3) is 0 Å². The molecule has 0 bridgehead atoms. The highest BCUT2D eigenvalue weighted by molar-refractivity contribution is 5.82. The van der Waals surface area contributed by atoms with Crippen molar-refractivity contribution < 1.29 is 14.3 Å². The first-order valence-electron chi connectivity index (χ1n) is 8.22. The van der Waals surface area contributed by atoms with Crippen molar-refractivity contribution in [3.63, 3.8) is 0 Å². The lowest BCUT2D eigenvalue weighted by Gasteiger charge is -2.36. The second kappa shape index (κ2) is 8.52. The molecule has 0 aliphatic heterocycles. The van der Waals surface area contributed by atoms with Crippen LogP contribution < -0.4 is 5.32 Å². The molecule has 1 aliphatic carbocycles. The third kappa shape index (κ3) is 5.77. The van der Waals surface area contributed by atoms with E-state index in [2.05, 4.69) is 26.1 Å². The topological polar surface area (TPSA) is 55.4 Å². The minimum atomic E-state index is -0.537. The van der Waals surface area contributed by atoms with Crippen molar-refractivity contribution in [2.24, 2.45) is 23.7 Å². The number of hydrogen-bond donors (Lipinski definition) is 1. The van der Waals surface area contributed by atoms with E-state index >= 15 is 0 Å². The molecule has 0 aromatic carbocycles. The number of hydrogen-bond acceptors (Lipinski definition) is 3. The average molecular weight is 297 g/mol. The molecule has 4 atom stereocenters. The van der Waals surface area contributed by atoms with Crippen LogP contribution >= 0.6 is 0 Å². The highest BCUT2D eigenvalue weighted by Gasteiger charge is 2.35. The molecule has 4 nitrogen and oxygen atoms in total. The summed E-state index contributed by atoms with van der Waals surface area (Å²) in [6, 6.07) is -0.537. The van der Waals surface area contributed by atoms with E-state index in [-0.39, 0.29) is 24.5 Å². The summed E-state index contributed by atoms with van der Waals surface area (Å²) >= 11 is 0. The van der Waals surface area contributed by atoms with Crippen molar-refractivity contribution in [1.82, 2.24) is 5.32 Å². The van der Waals surface area contributed by atoms with Gasteiger partial charge in [0.2, 0.25) is 5.91 Å². The second-order valence-electron chi connectivity index (χ2n) is 7.07. The van der Waals surface area contributed by atoms with E-state index in [9.17, 15) is 9.59 Å². The van der Waals surface area contributed by atoms with Crippen LogP contribution in [0.1, 0.15) is 53.9 Å². The molecule has 0 spiro atoms. The van der Waals surface area contributed by atoms with Crippen LogP contribution in [0.2, 0.25) is 0 Å². The van der Waals surface area contributed by atoms with Crippen molar-refractivity contribution in [3.8, 4) is 0 Å². The van der Waals surface area contributed by atoms with E-state index in [4.69, 9.17) is 4.74 Å². The first-order valence-corrected chi connectivity index (χ1v) is 8.22. The largest absolute Gasteiger partial charge is 0.376 e. The Morgan fingerprint density at radius 1 is 1.29 bits per heavy atom. The summed E-state index contributed by atoms with van der Waals surface area (Å²) in [5.74, 6) is 1.53. The molecule has 0 saturated heterocycles. The van der Waals surface area contributed by atoms with Crippen molar-refractivity contribution >= 4 is 12.2 Å². The Kier molecular flexibility index (Phi) is 7.36. The molecular formula is C17H31NO3. The van der Waals surface area contributed by atoms with E-state index in [1.54, 1.807) is 0 Å². The lowest BCUT2D eigenvalue weighted by atomic mass is 9.69. The molecule has 1 saturated carbocycles. The molecule has 21 heavy (non-hydrogen) atoms. The van der Waals surface area contributed by atoms with Gasteiger partial charge in [-0.25, -0.2) is 0 Å². The predicted octanol–water partition coefficient (Wildman–Crippen LogP) is 2.80. The fraction of sp³-hybridized carbons (Fsp3) is 0.882. The van der Waals surface area contributed by atoms with Gasteiger partial charge in [0.15, 0.2) is 0 Å². The average Bonchev–Trinajstić information content (AvgIpc) is 2.42. The number of aldehydes is 1. The van der Waals surface area contributed by atoms with Crippen molar-refractivity contribution in [2.75, 3.05) is 6.61 Å². The van der Waals surface area contributed by atoms with Gasteiger partial charge in [0, 0.05) is 5.92 Å². The zero-order valence-electron chi connectivity index (χ0n) is 14.1. The summed E-state index contributed by atoms with van der Waals surface area (Å²) in [6.45, 7) is 10.7. The Balaban J connectivity index is 2.63. The smallest absolute Gasteiger partial charge is 0.224 e. The van der Waals surface area contributed by atoms with Crippen LogP contribution in [0.15, 0.2) is 0 Å². The molecule has 1 amide bonds. The predicted molar refractivity (Wildman–Crippen MR) is 83.9 cm³/mol. The molecule has 0 heterocycles. The normalized spacial score (nSPS) is 27.7. The summed E-state index contributed by atoms with van der Waals surface area (Å²) in [6.07, 6.45) is 4.05. The molecule has 1 fully saturated rings. The summed E-state index contributed by atoms with van der Waals surface area (Å²) < 4.78 is 5.43. The molecule has 0 radical (unpaired) electrons. The maximum Gasteiger partial charge on any atom is 0.224 e. The zero-order valence-corrected chi connectivity index (χ0v) is 14.1. The van der Waals surface area contributed by atoms with E-state index in [1.807, 2.05) is 13.8 Å². The van der Waals surface area contributed by atoms with E-state index in [1.165, 1.54) is 6.42 Å². The van der Waals surface area contributed by atoms with Crippen LogP contribution in [-0.2, 0) is 14.3 Å². The molecule has 1 unspecified atom stereocenters. The fourth-order valence-electron chi connectivity index (χ4n) is 3.20. The Morgan fingerprint density at radius 2 is 1.95 bits per heavy atom. The summed E-state index contributed by atoms with van der Waals surface area (Å²) in [5, 5.41) is 2.87. The van der Waals surface area contributed by atoms with Crippen LogP contribution in [0.4, 0.5) is 0 Å². The number of carbonyl (C=O) groups excluding carboxylic acids is 2. The fourth-order valence-corrected chi connectivity index (χ4v) is 3.20. The lowest BCUT2D eigenvalue weighted by Crippen LogP contribution is -2.46. The minimum Gasteiger partial charge on any atom is -0.376 e. The Bertz CT molecular complexity index is 341. The first-order chi connectivity index (χ1) is 9.85. The molecular weight excluding hydrogens is 266 g/mol. The molecule has 0 aromatic heterocycles. The van der Waals surface area contributed by atoms with E-state index in [0.717, 1.165) is 19.1 Å². The zero-order chi connectivity index (χ0) is 16.0. The molecule has 0 aromatic rings. The van der Waals surface area contributed by atoms with Gasteiger partial charge in [0.05, 0.1) is 12.7 Å². The number of ether oxygens (including phenoxy) is 1. The monoisotopic (exact) mass is 297 g/mol. The quantitative estimate of drug-likeness (QED) is 0.735. The van der Waals surface area contributed by atoms with Gasteiger partial charge < -0.3 is 14.8 Å². The highest BCUT2D eigenvalue weighted by Crippen LogP contribution is 2.38. The standard InChI is InChI=1S/C17H31NO3/c1-11(2)15-7-6-13(5)8-16(15)17(20)18-14(9-19)10-21-12(3)4/h9,11-16H,6-8,10H2,1-5H3,(H,18,20)/t13-,14?,15+,16-/m1/s1. The van der Waals surface area contributed by atoms with Crippen LogP contribution in [0.3, 0.4) is 0 Å². The molecule has 1 aliphatic rings.